The Morgan fingerprint density at radius 2 is 1.89 bits per heavy atom. The molecule has 2 aromatic rings. The highest BCUT2D eigenvalue weighted by Crippen LogP contribution is 2.05. The lowest BCUT2D eigenvalue weighted by Gasteiger charge is -2.07. The molecule has 0 unspecified atom stereocenters. The first kappa shape index (κ1) is 12.0. The molecule has 18 heavy (non-hydrogen) atoms. The summed E-state index contributed by atoms with van der Waals surface area (Å²) in [5.74, 6) is -1.58. The van der Waals surface area contributed by atoms with Crippen molar-refractivity contribution >= 4 is 5.97 Å². The van der Waals surface area contributed by atoms with Gasteiger partial charge in [0.25, 0.3) is 0 Å². The minimum atomic E-state index is -1.26. The van der Waals surface area contributed by atoms with Gasteiger partial charge >= 0.3 is 5.97 Å². The number of hydrogen-bond donors (Lipinski definition) is 1. The van der Waals surface area contributed by atoms with Crippen molar-refractivity contribution in [2.45, 2.75) is 6.54 Å². The Hall–Kier alpha value is -2.43. The van der Waals surface area contributed by atoms with Crippen LogP contribution < -0.4 is 5.43 Å². The second kappa shape index (κ2) is 4.83. The number of carboxylic acid groups (broad SMARTS) is 1. The molecule has 0 atom stereocenters. The molecule has 0 amide bonds. The summed E-state index contributed by atoms with van der Waals surface area (Å²) in [6.07, 6.45) is 2.77. The molecule has 1 aromatic heterocycles. The molecule has 0 spiro atoms. The van der Waals surface area contributed by atoms with E-state index < -0.39 is 11.4 Å². The number of benzene rings is 1. The number of rotatable bonds is 3. The van der Waals surface area contributed by atoms with Crippen molar-refractivity contribution in [2.24, 2.45) is 0 Å². The Balaban J connectivity index is 2.30. The number of nitrogens with zero attached hydrogens (tertiary/aromatic N) is 1. The summed E-state index contributed by atoms with van der Waals surface area (Å²) in [5.41, 5.74) is 0.00820. The van der Waals surface area contributed by atoms with E-state index in [4.69, 9.17) is 5.11 Å². The average molecular weight is 247 g/mol. The van der Waals surface area contributed by atoms with Crippen LogP contribution in [0.25, 0.3) is 0 Å². The molecule has 0 radical (unpaired) electrons. The molecule has 0 bridgehead atoms. The van der Waals surface area contributed by atoms with E-state index in [9.17, 15) is 14.0 Å². The van der Waals surface area contributed by atoms with Gasteiger partial charge < -0.3 is 9.67 Å². The molecular weight excluding hydrogens is 237 g/mol. The highest BCUT2D eigenvalue weighted by Gasteiger charge is 2.08. The Kier molecular flexibility index (Phi) is 3.23. The molecule has 5 heteroatoms. The van der Waals surface area contributed by atoms with Crippen LogP contribution in [0.15, 0.2) is 47.5 Å². The van der Waals surface area contributed by atoms with E-state index in [-0.39, 0.29) is 11.4 Å². The smallest absolute Gasteiger partial charge is 0.341 e. The van der Waals surface area contributed by atoms with Gasteiger partial charge in [0.1, 0.15) is 11.4 Å². The van der Waals surface area contributed by atoms with Crippen molar-refractivity contribution in [1.82, 2.24) is 4.57 Å². The number of aromatic nitrogens is 1. The maximum Gasteiger partial charge on any atom is 0.341 e. The number of aromatic carboxylic acids is 1. The van der Waals surface area contributed by atoms with Crippen LogP contribution in [-0.4, -0.2) is 15.6 Å². The van der Waals surface area contributed by atoms with Crippen molar-refractivity contribution in [3.63, 3.8) is 0 Å². The molecule has 1 N–H and O–H groups in total. The molecule has 1 heterocycles. The Bertz CT molecular complexity index is 631. The van der Waals surface area contributed by atoms with Gasteiger partial charge in [0.05, 0.1) is 0 Å². The third-order valence-corrected chi connectivity index (χ3v) is 2.49. The van der Waals surface area contributed by atoms with E-state index in [0.717, 1.165) is 5.56 Å². The van der Waals surface area contributed by atoms with Gasteiger partial charge in [0.15, 0.2) is 5.43 Å². The first-order valence-electron chi connectivity index (χ1n) is 5.24. The van der Waals surface area contributed by atoms with Gasteiger partial charge in [-0.25, -0.2) is 9.18 Å². The van der Waals surface area contributed by atoms with E-state index in [0.29, 0.717) is 6.54 Å². The quantitative estimate of drug-likeness (QED) is 0.898. The predicted octanol–water partition coefficient (Wildman–Crippen LogP) is 1.73. The lowest BCUT2D eigenvalue weighted by molar-refractivity contribution is 0.0694. The summed E-state index contributed by atoms with van der Waals surface area (Å²) in [4.78, 5) is 22.1. The van der Waals surface area contributed by atoms with Crippen LogP contribution in [0.1, 0.15) is 15.9 Å². The van der Waals surface area contributed by atoms with Crippen LogP contribution in [0.2, 0.25) is 0 Å². The first-order valence-corrected chi connectivity index (χ1v) is 5.24. The van der Waals surface area contributed by atoms with Gasteiger partial charge in [-0.2, -0.15) is 0 Å². The van der Waals surface area contributed by atoms with Crippen molar-refractivity contribution in [2.75, 3.05) is 0 Å². The van der Waals surface area contributed by atoms with Gasteiger partial charge in [0.2, 0.25) is 0 Å². The van der Waals surface area contributed by atoms with Crippen LogP contribution in [-0.2, 0) is 6.54 Å². The Labute approximate surface area is 102 Å². The van der Waals surface area contributed by atoms with Gasteiger partial charge in [-0.05, 0) is 17.7 Å². The minimum Gasteiger partial charge on any atom is -0.477 e. The maximum atomic E-state index is 12.7. The lowest BCUT2D eigenvalue weighted by Crippen LogP contribution is -2.16. The molecule has 0 saturated carbocycles. The third-order valence-electron chi connectivity index (χ3n) is 2.49. The van der Waals surface area contributed by atoms with Crippen molar-refractivity contribution in [3.05, 3.63) is 69.9 Å². The molecule has 4 nitrogen and oxygen atoms in total. The Morgan fingerprint density at radius 3 is 2.50 bits per heavy atom. The normalized spacial score (nSPS) is 10.3. The summed E-state index contributed by atoms with van der Waals surface area (Å²) < 4.78 is 14.3. The monoisotopic (exact) mass is 247 g/mol. The molecule has 2 rings (SSSR count). The van der Waals surface area contributed by atoms with Gasteiger partial charge in [-0.15, -0.1) is 0 Å². The molecule has 0 fully saturated rings. The zero-order chi connectivity index (χ0) is 13.1. The van der Waals surface area contributed by atoms with E-state index in [2.05, 4.69) is 0 Å². The van der Waals surface area contributed by atoms with E-state index in [1.165, 1.54) is 30.6 Å². The molecule has 0 saturated heterocycles. The van der Waals surface area contributed by atoms with Gasteiger partial charge in [-0.3, -0.25) is 4.79 Å². The molecule has 1 aromatic carbocycles. The standard InChI is InChI=1S/C13H10FNO3/c14-10-3-1-9(2-4-10)7-15-6-5-12(16)11(8-15)13(17)18/h1-6,8H,7H2,(H,17,18). The van der Waals surface area contributed by atoms with Gasteiger partial charge in [-0.1, -0.05) is 12.1 Å². The van der Waals surface area contributed by atoms with Crippen LogP contribution >= 0.6 is 0 Å². The molecule has 92 valence electrons. The summed E-state index contributed by atoms with van der Waals surface area (Å²) >= 11 is 0. The van der Waals surface area contributed by atoms with E-state index >= 15 is 0 Å². The predicted molar refractivity (Wildman–Crippen MR) is 63.2 cm³/mol. The van der Waals surface area contributed by atoms with Crippen LogP contribution in [0.3, 0.4) is 0 Å². The topological polar surface area (TPSA) is 59.3 Å². The van der Waals surface area contributed by atoms with Crippen LogP contribution in [0, 0.1) is 5.82 Å². The summed E-state index contributed by atoms with van der Waals surface area (Å²) in [6.45, 7) is 0.376. The average Bonchev–Trinajstić information content (AvgIpc) is 2.34. The fourth-order valence-corrected chi connectivity index (χ4v) is 1.59. The van der Waals surface area contributed by atoms with E-state index in [1.54, 1.807) is 16.7 Å². The van der Waals surface area contributed by atoms with Crippen molar-refractivity contribution in [1.29, 1.82) is 0 Å². The number of hydrogen-bond acceptors (Lipinski definition) is 2. The zero-order valence-electron chi connectivity index (χ0n) is 9.34. The number of halogens is 1. The SMILES string of the molecule is O=C(O)c1cn(Cc2ccc(F)cc2)ccc1=O. The fourth-order valence-electron chi connectivity index (χ4n) is 1.59. The highest BCUT2D eigenvalue weighted by atomic mass is 19.1. The molecule has 0 aliphatic carbocycles. The molecule has 0 aliphatic heterocycles. The van der Waals surface area contributed by atoms with Crippen molar-refractivity contribution in [3.8, 4) is 0 Å². The minimum absolute atomic E-state index is 0.278. The fraction of sp³-hybridized carbons (Fsp3) is 0.0769. The Morgan fingerprint density at radius 1 is 1.22 bits per heavy atom. The largest absolute Gasteiger partial charge is 0.477 e. The second-order valence-corrected chi connectivity index (χ2v) is 3.83. The highest BCUT2D eigenvalue weighted by molar-refractivity contribution is 5.86. The maximum absolute atomic E-state index is 12.7. The number of pyridine rings is 1. The lowest BCUT2D eigenvalue weighted by atomic mass is 10.2. The van der Waals surface area contributed by atoms with Gasteiger partial charge in [0, 0.05) is 25.0 Å². The second-order valence-electron chi connectivity index (χ2n) is 3.83. The number of carboxylic acids is 1. The summed E-state index contributed by atoms with van der Waals surface area (Å²) in [6, 6.07) is 7.07. The van der Waals surface area contributed by atoms with Crippen LogP contribution in [0.5, 0.6) is 0 Å². The van der Waals surface area contributed by atoms with E-state index in [1.807, 2.05) is 0 Å². The molecule has 0 aliphatic rings. The van der Waals surface area contributed by atoms with Crippen molar-refractivity contribution < 1.29 is 14.3 Å². The summed E-state index contributed by atoms with van der Waals surface area (Å²) in [7, 11) is 0. The van der Waals surface area contributed by atoms with Crippen LogP contribution in [0.4, 0.5) is 4.39 Å². The first-order chi connectivity index (χ1) is 8.56. The molecular formula is C13H10FNO3. The zero-order valence-corrected chi connectivity index (χ0v) is 9.34. The third kappa shape index (κ3) is 2.63. The summed E-state index contributed by atoms with van der Waals surface area (Å²) in [5, 5.41) is 8.83. The number of carbonyl (C=O) groups is 1.